The Hall–Kier alpha value is -5.19. The van der Waals surface area contributed by atoms with Gasteiger partial charge in [-0.15, -0.1) is 0 Å². The van der Waals surface area contributed by atoms with Crippen molar-refractivity contribution in [3.05, 3.63) is 118 Å². The Morgan fingerprint density at radius 2 is 1.35 bits per heavy atom. The van der Waals surface area contributed by atoms with E-state index in [0.717, 1.165) is 106 Å². The molecule has 0 aromatic heterocycles. The normalized spacial score (nSPS) is 21.0. The molecule has 1 spiro atoms. The average Bonchev–Trinajstić information content (AvgIpc) is 3.86. The molecule has 10 rings (SSSR count). The minimum atomic E-state index is -4.46. The van der Waals surface area contributed by atoms with E-state index < -0.39 is 22.8 Å². The number of fused-ring (bicyclic) bond motifs is 10. The summed E-state index contributed by atoms with van der Waals surface area (Å²) in [7, 11) is 3.34. The molecule has 2 saturated heterocycles. The lowest BCUT2D eigenvalue weighted by Crippen LogP contribution is -2.37. The summed E-state index contributed by atoms with van der Waals surface area (Å²) in [6, 6.07) is 25.2. The number of ether oxygens (including phenoxy) is 5. The van der Waals surface area contributed by atoms with Crippen molar-refractivity contribution >= 4 is 28.2 Å². The zero-order valence-corrected chi connectivity index (χ0v) is 32.2. The molecule has 294 valence electrons. The van der Waals surface area contributed by atoms with Gasteiger partial charge in [-0.05, 0) is 95.1 Å². The Kier molecular flexibility index (Phi) is 8.71. The second kappa shape index (κ2) is 13.7. The van der Waals surface area contributed by atoms with Crippen LogP contribution in [0.5, 0.6) is 17.2 Å². The van der Waals surface area contributed by atoms with Gasteiger partial charge in [-0.3, -0.25) is 0 Å². The second-order valence-electron chi connectivity index (χ2n) is 15.8. The molecule has 1 unspecified atom stereocenters. The summed E-state index contributed by atoms with van der Waals surface area (Å²) in [5.41, 5.74) is 6.29. The molecule has 3 aliphatic heterocycles. The number of morpholine rings is 2. The Morgan fingerprint density at radius 1 is 0.702 bits per heavy atom. The molecule has 1 saturated carbocycles. The molecule has 57 heavy (non-hydrogen) atoms. The number of hydrogen-bond donors (Lipinski definition) is 0. The summed E-state index contributed by atoms with van der Waals surface area (Å²) in [5, 5.41) is 1.79. The topological polar surface area (TPSA) is 52.6 Å². The van der Waals surface area contributed by atoms with Gasteiger partial charge in [0, 0.05) is 59.4 Å². The van der Waals surface area contributed by atoms with Crippen molar-refractivity contribution in [2.24, 2.45) is 0 Å². The summed E-state index contributed by atoms with van der Waals surface area (Å²) in [6.45, 7) is 5.62. The Balaban J connectivity index is 1.24. The van der Waals surface area contributed by atoms with E-state index in [1.807, 2.05) is 24.3 Å². The molecule has 3 fully saturated rings. The zero-order valence-electron chi connectivity index (χ0n) is 32.2. The van der Waals surface area contributed by atoms with E-state index in [9.17, 15) is 13.2 Å². The molecular formula is C47H45F3N2O5. The molecule has 3 heterocycles. The molecule has 0 radical (unpaired) electrons. The minimum absolute atomic E-state index is 0.586. The highest BCUT2D eigenvalue weighted by Gasteiger charge is 2.51. The van der Waals surface area contributed by atoms with Crippen molar-refractivity contribution in [2.75, 3.05) is 76.6 Å². The fourth-order valence-electron chi connectivity index (χ4n) is 10.2. The van der Waals surface area contributed by atoms with Gasteiger partial charge >= 0.3 is 6.18 Å². The second-order valence-corrected chi connectivity index (χ2v) is 15.8. The quantitative estimate of drug-likeness (QED) is 0.170. The maximum atomic E-state index is 14.4. The smallest absolute Gasteiger partial charge is 0.416 e. The molecule has 0 bridgehead atoms. The highest BCUT2D eigenvalue weighted by molar-refractivity contribution is 6.10. The van der Waals surface area contributed by atoms with Gasteiger partial charge in [-0.1, -0.05) is 49.2 Å². The molecule has 7 nitrogen and oxygen atoms in total. The number of benzene rings is 5. The summed E-state index contributed by atoms with van der Waals surface area (Å²) in [5.74, 6) is 2.14. The first-order valence-corrected chi connectivity index (χ1v) is 20.0. The fourth-order valence-corrected chi connectivity index (χ4v) is 10.2. The first kappa shape index (κ1) is 36.2. The van der Waals surface area contributed by atoms with E-state index >= 15 is 0 Å². The third-order valence-corrected chi connectivity index (χ3v) is 13.0. The molecule has 10 heteroatoms. The van der Waals surface area contributed by atoms with Gasteiger partial charge in [0.1, 0.15) is 17.2 Å². The average molecular weight is 775 g/mol. The molecule has 5 aromatic carbocycles. The number of nitrogens with zero attached hydrogens (tertiary/aromatic N) is 2. The lowest BCUT2D eigenvalue weighted by molar-refractivity contribution is -0.137. The van der Waals surface area contributed by atoms with E-state index in [0.29, 0.717) is 51.0 Å². The maximum absolute atomic E-state index is 14.4. The van der Waals surface area contributed by atoms with Gasteiger partial charge in [0.25, 0.3) is 0 Å². The van der Waals surface area contributed by atoms with E-state index in [-0.39, 0.29) is 0 Å². The highest BCUT2D eigenvalue weighted by atomic mass is 19.4. The largest absolute Gasteiger partial charge is 0.497 e. The monoisotopic (exact) mass is 774 g/mol. The van der Waals surface area contributed by atoms with E-state index in [2.05, 4.69) is 58.4 Å². The van der Waals surface area contributed by atoms with Gasteiger partial charge in [0.2, 0.25) is 0 Å². The van der Waals surface area contributed by atoms with Crippen molar-refractivity contribution in [2.45, 2.75) is 42.9 Å². The van der Waals surface area contributed by atoms with Crippen LogP contribution in [0.2, 0.25) is 0 Å². The number of methoxy groups -OCH3 is 2. The summed E-state index contributed by atoms with van der Waals surface area (Å²) in [4.78, 5) is 4.61. The number of anilines is 2. The number of halogens is 3. The van der Waals surface area contributed by atoms with Crippen LogP contribution in [-0.2, 0) is 26.7 Å². The van der Waals surface area contributed by atoms with Gasteiger partial charge < -0.3 is 33.5 Å². The summed E-state index contributed by atoms with van der Waals surface area (Å²) in [6.07, 6.45) is 3.24. The number of rotatable bonds is 6. The van der Waals surface area contributed by atoms with Crippen LogP contribution >= 0.6 is 0 Å². The summed E-state index contributed by atoms with van der Waals surface area (Å²) >= 11 is 0. The zero-order chi connectivity index (χ0) is 38.9. The molecule has 0 amide bonds. The number of alkyl halides is 3. The van der Waals surface area contributed by atoms with Crippen LogP contribution in [0.15, 0.2) is 84.9 Å². The van der Waals surface area contributed by atoms with Gasteiger partial charge in [0.15, 0.2) is 5.60 Å². The van der Waals surface area contributed by atoms with E-state index in [1.165, 1.54) is 12.1 Å². The van der Waals surface area contributed by atoms with Crippen molar-refractivity contribution in [1.29, 1.82) is 0 Å². The first-order chi connectivity index (χ1) is 27.7. The van der Waals surface area contributed by atoms with Crippen molar-refractivity contribution < 1.29 is 36.9 Å². The Morgan fingerprint density at radius 3 is 1.98 bits per heavy atom. The Bertz CT molecular complexity index is 2370. The first-order valence-electron chi connectivity index (χ1n) is 20.0. The summed E-state index contributed by atoms with van der Waals surface area (Å²) < 4.78 is 74.0. The number of hydrogen-bond acceptors (Lipinski definition) is 7. The van der Waals surface area contributed by atoms with Crippen molar-refractivity contribution in [1.82, 2.24) is 0 Å². The lowest BCUT2D eigenvalue weighted by atomic mass is 9.73. The Labute approximate surface area is 330 Å². The maximum Gasteiger partial charge on any atom is 0.416 e. The third-order valence-electron chi connectivity index (χ3n) is 13.0. The molecule has 2 aliphatic carbocycles. The molecular weight excluding hydrogens is 730 g/mol. The molecule has 5 aliphatic rings. The van der Waals surface area contributed by atoms with Crippen LogP contribution in [0.25, 0.3) is 28.0 Å². The highest BCUT2D eigenvalue weighted by Crippen LogP contribution is 2.64. The van der Waals surface area contributed by atoms with Crippen LogP contribution in [0.4, 0.5) is 24.5 Å². The standard InChI is InChI=1S/C47H45F3N2O5/c1-53-34-12-7-31(8-13-34)46(30-5-10-33(11-6-30)51-19-23-55-24-20-51)18-15-36-43-42(35-14-9-32(47(48,49)50)27-39(35)45(43)16-3-4-17-45)37-28-40(52-21-25-56-26-22-52)41(54-2)29-38(37)44(36)57-46/h5-15,18,27-29H,3-4,16-17,19-26H2,1-2H3. The van der Waals surface area contributed by atoms with Gasteiger partial charge in [-0.2, -0.15) is 13.2 Å². The third kappa shape index (κ3) is 5.69. The van der Waals surface area contributed by atoms with Crippen LogP contribution in [0, 0.1) is 0 Å². The van der Waals surface area contributed by atoms with Gasteiger partial charge in [0.05, 0.1) is 51.9 Å². The molecule has 1 atom stereocenters. The van der Waals surface area contributed by atoms with Crippen LogP contribution in [0.1, 0.15) is 59.1 Å². The van der Waals surface area contributed by atoms with Gasteiger partial charge in [-0.25, -0.2) is 0 Å². The van der Waals surface area contributed by atoms with Crippen LogP contribution < -0.4 is 24.0 Å². The van der Waals surface area contributed by atoms with Crippen molar-refractivity contribution in [3.63, 3.8) is 0 Å². The molecule has 5 aromatic rings. The van der Waals surface area contributed by atoms with Crippen molar-refractivity contribution in [3.8, 4) is 28.4 Å². The van der Waals surface area contributed by atoms with Crippen LogP contribution in [0.3, 0.4) is 0 Å². The SMILES string of the molecule is COc1ccc(C2(c3ccc(N4CCOCC4)cc3)C=Cc3c4c(c5cc(N6CCOCC6)c(OC)cc5c3O2)-c2ccc(C(F)(F)F)cc2C42CCCC2)cc1. The minimum Gasteiger partial charge on any atom is -0.497 e. The van der Waals surface area contributed by atoms with E-state index in [4.69, 9.17) is 23.7 Å². The van der Waals surface area contributed by atoms with E-state index in [1.54, 1.807) is 20.3 Å². The fraction of sp³-hybridized carbons (Fsp3) is 0.362. The lowest BCUT2D eigenvalue weighted by Gasteiger charge is -2.39. The molecule has 0 N–H and O–H groups in total. The predicted molar refractivity (Wildman–Crippen MR) is 216 cm³/mol. The van der Waals surface area contributed by atoms with Crippen LogP contribution in [-0.4, -0.2) is 66.8 Å². The predicted octanol–water partition coefficient (Wildman–Crippen LogP) is 9.74.